The molecule has 2 aromatic rings. The molecule has 1 N–H and O–H groups in total. The van der Waals surface area contributed by atoms with E-state index in [-0.39, 0.29) is 23.8 Å². The summed E-state index contributed by atoms with van der Waals surface area (Å²) in [6.45, 7) is 2.65. The molecule has 26 heavy (non-hydrogen) atoms. The van der Waals surface area contributed by atoms with Gasteiger partial charge in [-0.15, -0.1) is 11.3 Å². The van der Waals surface area contributed by atoms with E-state index in [1.165, 1.54) is 23.5 Å². The molecule has 0 saturated carbocycles. The molecular formula is C17H22FN3O3S2. The van der Waals surface area contributed by atoms with Crippen LogP contribution >= 0.6 is 11.3 Å². The maximum absolute atomic E-state index is 12.9. The van der Waals surface area contributed by atoms with E-state index in [0.717, 1.165) is 22.8 Å². The largest absolute Gasteiger partial charge is 0.356 e. The molecule has 0 aliphatic rings. The second-order valence-corrected chi connectivity index (χ2v) is 8.95. The lowest BCUT2D eigenvalue weighted by molar-refractivity contribution is -0.121. The van der Waals surface area contributed by atoms with Crippen molar-refractivity contribution in [1.82, 2.24) is 14.6 Å². The van der Waals surface area contributed by atoms with Crippen molar-refractivity contribution in [1.29, 1.82) is 0 Å². The average molecular weight is 400 g/mol. The summed E-state index contributed by atoms with van der Waals surface area (Å²) in [5.41, 5.74) is 0.956. The molecule has 0 aliphatic carbocycles. The van der Waals surface area contributed by atoms with Gasteiger partial charge in [0.2, 0.25) is 15.9 Å². The molecule has 0 spiro atoms. The number of thiazole rings is 1. The highest BCUT2D eigenvalue weighted by Crippen LogP contribution is 2.15. The number of halogens is 1. The predicted octanol–water partition coefficient (Wildman–Crippen LogP) is 2.35. The fourth-order valence-electron chi connectivity index (χ4n) is 2.31. The smallest absolute Gasteiger partial charge is 0.242 e. The maximum Gasteiger partial charge on any atom is 0.242 e. The lowest BCUT2D eigenvalue weighted by atomic mass is 10.3. The first-order chi connectivity index (χ1) is 12.3. The van der Waals surface area contributed by atoms with Crippen LogP contribution < -0.4 is 5.32 Å². The molecule has 1 amide bonds. The number of rotatable bonds is 9. The number of nitrogens with one attached hydrogen (secondary N) is 1. The molecule has 1 heterocycles. The second-order valence-electron chi connectivity index (χ2n) is 5.84. The number of aryl methyl sites for hydroxylation is 1. The van der Waals surface area contributed by atoms with Crippen LogP contribution in [0.25, 0.3) is 0 Å². The minimum absolute atomic E-state index is 0.0319. The number of sulfonamides is 1. The third-order valence-corrected chi connectivity index (χ3v) is 6.46. The molecule has 1 aromatic heterocycles. The first kappa shape index (κ1) is 20.5. The Morgan fingerprint density at radius 3 is 2.62 bits per heavy atom. The molecule has 0 unspecified atom stereocenters. The third-order valence-electron chi connectivity index (χ3n) is 3.77. The van der Waals surface area contributed by atoms with E-state index in [9.17, 15) is 17.6 Å². The van der Waals surface area contributed by atoms with E-state index in [0.29, 0.717) is 19.4 Å². The highest BCUT2D eigenvalue weighted by molar-refractivity contribution is 7.89. The summed E-state index contributed by atoms with van der Waals surface area (Å²) in [4.78, 5) is 16.2. The molecule has 0 radical (unpaired) electrons. The van der Waals surface area contributed by atoms with Gasteiger partial charge in [0, 0.05) is 38.4 Å². The summed E-state index contributed by atoms with van der Waals surface area (Å²) < 4.78 is 38.8. The van der Waals surface area contributed by atoms with Crippen molar-refractivity contribution in [2.75, 3.05) is 20.1 Å². The van der Waals surface area contributed by atoms with E-state index in [4.69, 9.17) is 0 Å². The lowest BCUT2D eigenvalue weighted by Crippen LogP contribution is -2.30. The number of aromatic nitrogens is 1. The van der Waals surface area contributed by atoms with Crippen molar-refractivity contribution in [3.8, 4) is 0 Å². The Hall–Kier alpha value is -1.84. The molecule has 9 heteroatoms. The average Bonchev–Trinajstić information content (AvgIpc) is 3.00. The second kappa shape index (κ2) is 9.20. The molecule has 0 aliphatic heterocycles. The standard InChI is InChI=1S/C17H22FN3O3S2/c1-13-20-15(12-25-13)9-10-19-17(22)4-3-11-21(2)26(23,24)16-7-5-14(18)6-8-16/h5-8,12H,3-4,9-11H2,1-2H3,(H,19,22). The molecule has 0 saturated heterocycles. The minimum Gasteiger partial charge on any atom is -0.356 e. The number of hydrogen-bond acceptors (Lipinski definition) is 5. The molecule has 2 rings (SSSR count). The van der Waals surface area contributed by atoms with Crippen molar-refractivity contribution in [3.63, 3.8) is 0 Å². The molecule has 0 bridgehead atoms. The van der Waals surface area contributed by atoms with Gasteiger partial charge >= 0.3 is 0 Å². The normalized spacial score (nSPS) is 11.7. The van der Waals surface area contributed by atoms with Gasteiger partial charge < -0.3 is 5.32 Å². The van der Waals surface area contributed by atoms with Gasteiger partial charge in [-0.05, 0) is 37.6 Å². The van der Waals surface area contributed by atoms with Crippen molar-refractivity contribution in [2.45, 2.75) is 31.1 Å². The summed E-state index contributed by atoms with van der Waals surface area (Å²) in [6.07, 6.45) is 1.31. The highest BCUT2D eigenvalue weighted by atomic mass is 32.2. The zero-order chi connectivity index (χ0) is 19.2. The quantitative estimate of drug-likeness (QED) is 0.702. The molecule has 6 nitrogen and oxygen atoms in total. The van der Waals surface area contributed by atoms with Crippen LogP contribution in [0.5, 0.6) is 0 Å². The number of carbonyl (C=O) groups excluding carboxylic acids is 1. The lowest BCUT2D eigenvalue weighted by Gasteiger charge is -2.17. The van der Waals surface area contributed by atoms with Crippen molar-refractivity contribution >= 4 is 27.3 Å². The summed E-state index contributed by atoms with van der Waals surface area (Å²) in [6, 6.07) is 4.68. The topological polar surface area (TPSA) is 79.4 Å². The minimum atomic E-state index is -3.68. The van der Waals surface area contributed by atoms with Crippen molar-refractivity contribution in [3.05, 3.63) is 46.2 Å². The van der Waals surface area contributed by atoms with Gasteiger partial charge in [0.15, 0.2) is 0 Å². The summed E-state index contributed by atoms with van der Waals surface area (Å²) in [7, 11) is -2.23. The fourth-order valence-corrected chi connectivity index (χ4v) is 4.17. The van der Waals surface area contributed by atoms with Crippen LogP contribution in [-0.4, -0.2) is 43.8 Å². The van der Waals surface area contributed by atoms with E-state index < -0.39 is 15.8 Å². The zero-order valence-corrected chi connectivity index (χ0v) is 16.4. The Bertz CT molecular complexity index is 835. The zero-order valence-electron chi connectivity index (χ0n) is 14.7. The number of nitrogens with zero attached hydrogens (tertiary/aromatic N) is 2. The Morgan fingerprint density at radius 2 is 2.00 bits per heavy atom. The van der Waals surface area contributed by atoms with Crippen LogP contribution in [0, 0.1) is 12.7 Å². The number of benzene rings is 1. The van der Waals surface area contributed by atoms with Gasteiger partial charge in [0.1, 0.15) is 5.82 Å². The van der Waals surface area contributed by atoms with Crippen LogP contribution in [0.3, 0.4) is 0 Å². The summed E-state index contributed by atoms with van der Waals surface area (Å²) >= 11 is 1.57. The SMILES string of the molecule is Cc1nc(CCNC(=O)CCCN(C)S(=O)(=O)c2ccc(F)cc2)cs1. The molecule has 0 atom stereocenters. The molecule has 0 fully saturated rings. The Labute approximate surface area is 157 Å². The van der Waals surface area contributed by atoms with Gasteiger partial charge in [-0.3, -0.25) is 4.79 Å². The van der Waals surface area contributed by atoms with Crippen molar-refractivity contribution in [2.24, 2.45) is 0 Å². The monoisotopic (exact) mass is 399 g/mol. The first-order valence-corrected chi connectivity index (χ1v) is 10.5. The van der Waals surface area contributed by atoms with Crippen molar-refractivity contribution < 1.29 is 17.6 Å². The van der Waals surface area contributed by atoms with Gasteiger partial charge in [-0.25, -0.2) is 22.1 Å². The molecular weight excluding hydrogens is 377 g/mol. The van der Waals surface area contributed by atoms with Crippen LogP contribution in [-0.2, 0) is 21.2 Å². The van der Waals surface area contributed by atoms with Crippen LogP contribution in [0.15, 0.2) is 34.5 Å². The maximum atomic E-state index is 12.9. The number of carbonyl (C=O) groups is 1. The highest BCUT2D eigenvalue weighted by Gasteiger charge is 2.20. The Kier molecular flexibility index (Phi) is 7.24. The van der Waals surface area contributed by atoms with E-state index in [1.807, 2.05) is 12.3 Å². The van der Waals surface area contributed by atoms with Gasteiger partial charge in [-0.1, -0.05) is 0 Å². The van der Waals surface area contributed by atoms with Crippen LogP contribution in [0.2, 0.25) is 0 Å². The molecule has 142 valence electrons. The van der Waals surface area contributed by atoms with Gasteiger partial charge in [-0.2, -0.15) is 0 Å². The summed E-state index contributed by atoms with van der Waals surface area (Å²) in [5, 5.41) is 5.77. The van der Waals surface area contributed by atoms with Gasteiger partial charge in [0.25, 0.3) is 0 Å². The summed E-state index contributed by atoms with van der Waals surface area (Å²) in [5.74, 6) is -0.611. The van der Waals surface area contributed by atoms with Crippen LogP contribution in [0.1, 0.15) is 23.5 Å². The first-order valence-electron chi connectivity index (χ1n) is 8.18. The Balaban J connectivity index is 1.72. The third kappa shape index (κ3) is 5.86. The Morgan fingerprint density at radius 1 is 1.31 bits per heavy atom. The van der Waals surface area contributed by atoms with Gasteiger partial charge in [0.05, 0.1) is 15.6 Å². The van der Waals surface area contributed by atoms with E-state index in [1.54, 1.807) is 11.3 Å². The molecule has 1 aromatic carbocycles. The number of amides is 1. The predicted molar refractivity (Wildman–Crippen MR) is 99.0 cm³/mol. The van der Waals surface area contributed by atoms with E-state index in [2.05, 4.69) is 10.3 Å². The fraction of sp³-hybridized carbons (Fsp3) is 0.412. The van der Waals surface area contributed by atoms with E-state index >= 15 is 0 Å². The number of hydrogen-bond donors (Lipinski definition) is 1. The van der Waals surface area contributed by atoms with Crippen LogP contribution in [0.4, 0.5) is 4.39 Å².